The van der Waals surface area contributed by atoms with Crippen molar-refractivity contribution < 1.29 is 0 Å². The number of aryl methyl sites for hydroxylation is 2. The Morgan fingerprint density at radius 1 is 1.20 bits per heavy atom. The molecule has 0 unspecified atom stereocenters. The van der Waals surface area contributed by atoms with E-state index < -0.39 is 0 Å². The molecule has 0 saturated carbocycles. The molecule has 7 heteroatoms. The van der Waals surface area contributed by atoms with Gasteiger partial charge in [0, 0.05) is 41.0 Å². The van der Waals surface area contributed by atoms with E-state index in [9.17, 15) is 4.79 Å². The van der Waals surface area contributed by atoms with Crippen molar-refractivity contribution in [1.82, 2.24) is 19.1 Å². The van der Waals surface area contributed by atoms with E-state index in [4.69, 9.17) is 11.6 Å². The number of hydrogen-bond donors (Lipinski definition) is 0. The fraction of sp³-hybridized carbons (Fsp3) is 0.167. The number of aromatic nitrogens is 4. The van der Waals surface area contributed by atoms with Gasteiger partial charge >= 0.3 is 5.69 Å². The predicted octanol–water partition coefficient (Wildman–Crippen LogP) is 3.87. The van der Waals surface area contributed by atoms with Crippen LogP contribution in [0.1, 0.15) is 10.4 Å². The van der Waals surface area contributed by atoms with Gasteiger partial charge in [0.25, 0.3) is 0 Å². The quantitative estimate of drug-likeness (QED) is 0.550. The van der Waals surface area contributed by atoms with E-state index >= 15 is 0 Å². The van der Waals surface area contributed by atoms with Crippen LogP contribution >= 0.6 is 22.9 Å². The third kappa shape index (κ3) is 2.88. The SMILES string of the molecule is Cc1ccc(-c2cnc3c(c2)n(Cc2cncc(Cl)c2)c(=O)n3C)s1. The Labute approximate surface area is 153 Å². The van der Waals surface area contributed by atoms with Crippen LogP contribution in [-0.2, 0) is 13.6 Å². The van der Waals surface area contributed by atoms with Crippen LogP contribution in [0.2, 0.25) is 5.02 Å². The summed E-state index contributed by atoms with van der Waals surface area (Å²) in [4.78, 5) is 23.7. The van der Waals surface area contributed by atoms with Gasteiger partial charge in [-0.25, -0.2) is 9.78 Å². The van der Waals surface area contributed by atoms with Gasteiger partial charge in [-0.3, -0.25) is 14.1 Å². The largest absolute Gasteiger partial charge is 0.330 e. The summed E-state index contributed by atoms with van der Waals surface area (Å²) in [5.74, 6) is 0. The van der Waals surface area contributed by atoms with Gasteiger partial charge in [-0.1, -0.05) is 11.6 Å². The highest BCUT2D eigenvalue weighted by Gasteiger charge is 2.14. The van der Waals surface area contributed by atoms with Crippen molar-refractivity contribution in [3.8, 4) is 10.4 Å². The smallest absolute Gasteiger partial charge is 0.286 e. The Kier molecular flexibility index (Phi) is 3.94. The number of nitrogens with zero attached hydrogens (tertiary/aromatic N) is 4. The van der Waals surface area contributed by atoms with Crippen molar-refractivity contribution in [2.75, 3.05) is 0 Å². The summed E-state index contributed by atoms with van der Waals surface area (Å²) in [5.41, 5.74) is 3.24. The highest BCUT2D eigenvalue weighted by Crippen LogP contribution is 2.29. The van der Waals surface area contributed by atoms with Crippen LogP contribution in [0.5, 0.6) is 0 Å². The van der Waals surface area contributed by atoms with Gasteiger partial charge in [0.05, 0.1) is 17.1 Å². The van der Waals surface area contributed by atoms with Gasteiger partial charge < -0.3 is 0 Å². The second-order valence-corrected chi connectivity index (χ2v) is 7.64. The van der Waals surface area contributed by atoms with Gasteiger partial charge in [-0.2, -0.15) is 0 Å². The molecule has 0 N–H and O–H groups in total. The fourth-order valence-corrected chi connectivity index (χ4v) is 3.92. The molecule has 4 heterocycles. The molecule has 0 amide bonds. The first-order valence-electron chi connectivity index (χ1n) is 7.74. The molecule has 0 aliphatic carbocycles. The van der Waals surface area contributed by atoms with Crippen LogP contribution < -0.4 is 5.69 Å². The van der Waals surface area contributed by atoms with E-state index in [1.54, 1.807) is 39.9 Å². The molecule has 0 spiro atoms. The van der Waals surface area contributed by atoms with Crippen molar-refractivity contribution in [1.29, 1.82) is 0 Å². The zero-order valence-corrected chi connectivity index (χ0v) is 15.3. The van der Waals surface area contributed by atoms with Crippen LogP contribution in [0.3, 0.4) is 0 Å². The summed E-state index contributed by atoms with van der Waals surface area (Å²) in [6.07, 6.45) is 5.12. The normalized spacial score (nSPS) is 11.3. The highest BCUT2D eigenvalue weighted by molar-refractivity contribution is 7.15. The van der Waals surface area contributed by atoms with Crippen LogP contribution in [-0.4, -0.2) is 19.1 Å². The third-order valence-corrected chi connectivity index (χ3v) is 5.36. The number of halogens is 1. The number of hydrogen-bond acceptors (Lipinski definition) is 4. The van der Waals surface area contributed by atoms with Crippen molar-refractivity contribution in [2.24, 2.45) is 7.05 Å². The molecule has 25 heavy (non-hydrogen) atoms. The van der Waals surface area contributed by atoms with Gasteiger partial charge in [0.1, 0.15) is 0 Å². The standard InChI is InChI=1S/C18H15ClN4OS/c1-11-3-4-16(25-11)13-6-15-17(21-8-13)22(2)18(24)23(15)10-12-5-14(19)9-20-7-12/h3-9H,10H2,1-2H3. The Morgan fingerprint density at radius 3 is 2.76 bits per heavy atom. The lowest BCUT2D eigenvalue weighted by Crippen LogP contribution is -2.22. The summed E-state index contributed by atoms with van der Waals surface area (Å²) in [6, 6.07) is 8.00. The molecule has 4 aromatic heterocycles. The van der Waals surface area contributed by atoms with Gasteiger partial charge in [-0.15, -0.1) is 11.3 Å². The van der Waals surface area contributed by atoms with E-state index in [1.165, 1.54) is 4.88 Å². The van der Waals surface area contributed by atoms with E-state index in [-0.39, 0.29) is 5.69 Å². The molecule has 0 aliphatic rings. The molecule has 4 aromatic rings. The molecule has 4 rings (SSSR count). The second kappa shape index (κ2) is 6.13. The molecule has 0 radical (unpaired) electrons. The van der Waals surface area contributed by atoms with Gasteiger partial charge in [0.2, 0.25) is 0 Å². The van der Waals surface area contributed by atoms with Crippen LogP contribution in [0.25, 0.3) is 21.6 Å². The lowest BCUT2D eigenvalue weighted by atomic mass is 10.2. The maximum Gasteiger partial charge on any atom is 0.330 e. The minimum Gasteiger partial charge on any atom is -0.286 e. The maximum absolute atomic E-state index is 12.7. The number of rotatable bonds is 3. The summed E-state index contributed by atoms with van der Waals surface area (Å²) >= 11 is 7.73. The zero-order chi connectivity index (χ0) is 17.6. The molecule has 0 aromatic carbocycles. The van der Waals surface area contributed by atoms with Gasteiger partial charge in [0.15, 0.2) is 5.65 Å². The summed E-state index contributed by atoms with van der Waals surface area (Å²) < 4.78 is 3.27. The first kappa shape index (κ1) is 16.1. The average molecular weight is 371 g/mol. The van der Waals surface area contributed by atoms with Crippen LogP contribution in [0, 0.1) is 6.92 Å². The lowest BCUT2D eigenvalue weighted by Gasteiger charge is -2.04. The minimum absolute atomic E-state index is 0.109. The molecule has 0 saturated heterocycles. The maximum atomic E-state index is 12.7. The minimum atomic E-state index is -0.109. The number of thiophene rings is 1. The molecule has 0 atom stereocenters. The molecule has 0 fully saturated rings. The first-order valence-corrected chi connectivity index (χ1v) is 8.94. The molecule has 5 nitrogen and oxygen atoms in total. The summed E-state index contributed by atoms with van der Waals surface area (Å²) in [5, 5.41) is 0.554. The third-order valence-electron chi connectivity index (χ3n) is 4.10. The van der Waals surface area contributed by atoms with Gasteiger partial charge in [-0.05, 0) is 36.8 Å². The molecule has 126 valence electrons. The second-order valence-electron chi connectivity index (χ2n) is 5.92. The topological polar surface area (TPSA) is 52.7 Å². The summed E-state index contributed by atoms with van der Waals surface area (Å²) in [6.45, 7) is 2.48. The van der Waals surface area contributed by atoms with E-state index in [0.717, 1.165) is 21.5 Å². The fourth-order valence-electron chi connectivity index (χ4n) is 2.88. The monoisotopic (exact) mass is 370 g/mol. The van der Waals surface area contributed by atoms with Crippen molar-refractivity contribution in [2.45, 2.75) is 13.5 Å². The lowest BCUT2D eigenvalue weighted by molar-refractivity contribution is 0.732. The number of imidazole rings is 1. The van der Waals surface area contributed by atoms with Crippen molar-refractivity contribution in [3.05, 3.63) is 68.8 Å². The Balaban J connectivity index is 1.87. The van der Waals surface area contributed by atoms with Crippen molar-refractivity contribution >= 4 is 34.1 Å². The number of fused-ring (bicyclic) bond motifs is 1. The molecular weight excluding hydrogens is 356 g/mol. The molecular formula is C18H15ClN4OS. The average Bonchev–Trinajstić information content (AvgIpc) is 3.13. The zero-order valence-electron chi connectivity index (χ0n) is 13.7. The summed E-state index contributed by atoms with van der Waals surface area (Å²) in [7, 11) is 1.74. The van der Waals surface area contributed by atoms with E-state index in [1.807, 2.05) is 18.3 Å². The predicted molar refractivity (Wildman–Crippen MR) is 101 cm³/mol. The molecule has 0 aliphatic heterocycles. The van der Waals surface area contributed by atoms with Crippen LogP contribution in [0.15, 0.2) is 47.7 Å². The van der Waals surface area contributed by atoms with E-state index in [2.05, 4.69) is 29.0 Å². The van der Waals surface area contributed by atoms with E-state index in [0.29, 0.717) is 17.2 Å². The first-order chi connectivity index (χ1) is 12.0. The Bertz CT molecular complexity index is 1140. The van der Waals surface area contributed by atoms with Crippen LogP contribution in [0.4, 0.5) is 0 Å². The Hall–Kier alpha value is -2.44. The number of pyridine rings is 2. The van der Waals surface area contributed by atoms with Crippen molar-refractivity contribution in [3.63, 3.8) is 0 Å². The molecule has 0 bridgehead atoms. The Morgan fingerprint density at radius 2 is 2.04 bits per heavy atom. The highest BCUT2D eigenvalue weighted by atomic mass is 35.5.